The first kappa shape index (κ1) is 17.2. The topological polar surface area (TPSA) is 67.2 Å². The number of anilines is 1. The molecule has 1 aliphatic rings. The summed E-state index contributed by atoms with van der Waals surface area (Å²) < 4.78 is 11.1. The minimum absolute atomic E-state index is 0.0125. The number of aromatic nitrogens is 1. The number of nitrogens with one attached hydrogen (secondary N) is 1. The van der Waals surface area contributed by atoms with Crippen LogP contribution in [-0.4, -0.2) is 31.3 Å². The van der Waals surface area contributed by atoms with Crippen molar-refractivity contribution in [3.05, 3.63) is 53.7 Å². The molecule has 5 heteroatoms. The van der Waals surface area contributed by atoms with E-state index in [1.54, 1.807) is 12.3 Å². The molecule has 0 atom stereocenters. The third-order valence-electron chi connectivity index (χ3n) is 4.73. The zero-order valence-corrected chi connectivity index (χ0v) is 14.5. The fourth-order valence-corrected chi connectivity index (χ4v) is 3.23. The van der Waals surface area contributed by atoms with Gasteiger partial charge in [0.05, 0.1) is 12.2 Å². The number of hydrogen-bond acceptors (Lipinski definition) is 5. The summed E-state index contributed by atoms with van der Waals surface area (Å²) in [6, 6.07) is 14.1. The molecule has 25 heavy (non-hydrogen) atoms. The Hall–Kier alpha value is -2.58. The van der Waals surface area contributed by atoms with Gasteiger partial charge in [-0.1, -0.05) is 12.1 Å². The maximum Gasteiger partial charge on any atom is 0.125 e. The van der Waals surface area contributed by atoms with Crippen molar-refractivity contribution < 1.29 is 9.47 Å². The molecular formula is C20H23N3O2. The van der Waals surface area contributed by atoms with Crippen LogP contribution in [0.3, 0.4) is 0 Å². The molecule has 2 aromatic rings. The van der Waals surface area contributed by atoms with E-state index in [1.807, 2.05) is 25.1 Å². The van der Waals surface area contributed by atoms with Crippen LogP contribution >= 0.6 is 0 Å². The van der Waals surface area contributed by atoms with Gasteiger partial charge in [-0.25, -0.2) is 4.98 Å². The van der Waals surface area contributed by atoms with Gasteiger partial charge in [-0.2, -0.15) is 5.26 Å². The van der Waals surface area contributed by atoms with Crippen LogP contribution in [0, 0.1) is 11.3 Å². The van der Waals surface area contributed by atoms with Gasteiger partial charge in [0, 0.05) is 31.4 Å². The standard InChI is InChI=1S/C20H23N3O2/c1-2-25-18-6-4-17(5-7-18)20(9-11-24-12-10-20)15-23-19-8-3-16(13-21)14-22-19/h3-8,14H,2,9-12,15H2,1H3,(H,22,23). The molecule has 2 heterocycles. The van der Waals surface area contributed by atoms with E-state index in [4.69, 9.17) is 14.7 Å². The Morgan fingerprint density at radius 1 is 1.20 bits per heavy atom. The highest BCUT2D eigenvalue weighted by Gasteiger charge is 2.34. The predicted molar refractivity (Wildman–Crippen MR) is 96.8 cm³/mol. The third-order valence-corrected chi connectivity index (χ3v) is 4.73. The Balaban J connectivity index is 1.76. The van der Waals surface area contributed by atoms with Crippen molar-refractivity contribution in [2.75, 3.05) is 31.7 Å². The Morgan fingerprint density at radius 3 is 2.56 bits per heavy atom. The number of rotatable bonds is 6. The van der Waals surface area contributed by atoms with Gasteiger partial charge in [-0.15, -0.1) is 0 Å². The van der Waals surface area contributed by atoms with Gasteiger partial charge >= 0.3 is 0 Å². The number of hydrogen-bond donors (Lipinski definition) is 1. The second-order valence-corrected chi connectivity index (χ2v) is 6.25. The Labute approximate surface area is 148 Å². The molecule has 1 saturated heterocycles. The van der Waals surface area contributed by atoms with Gasteiger partial charge < -0.3 is 14.8 Å². The summed E-state index contributed by atoms with van der Waals surface area (Å²) in [6.07, 6.45) is 3.52. The second kappa shape index (κ2) is 8.00. The molecule has 1 N–H and O–H groups in total. The van der Waals surface area contributed by atoms with E-state index < -0.39 is 0 Å². The molecule has 0 radical (unpaired) electrons. The van der Waals surface area contributed by atoms with Gasteiger partial charge in [0.25, 0.3) is 0 Å². The highest BCUT2D eigenvalue weighted by Crippen LogP contribution is 2.36. The average Bonchev–Trinajstić information content (AvgIpc) is 2.68. The molecule has 0 unspecified atom stereocenters. The summed E-state index contributed by atoms with van der Waals surface area (Å²) in [6.45, 7) is 4.96. The van der Waals surface area contributed by atoms with E-state index in [2.05, 4.69) is 28.5 Å². The van der Waals surface area contributed by atoms with Gasteiger partial charge in [0.15, 0.2) is 0 Å². The van der Waals surface area contributed by atoms with Crippen LogP contribution in [0.1, 0.15) is 30.9 Å². The van der Waals surface area contributed by atoms with Crippen LogP contribution in [-0.2, 0) is 10.2 Å². The summed E-state index contributed by atoms with van der Waals surface area (Å²) >= 11 is 0. The minimum Gasteiger partial charge on any atom is -0.494 e. The monoisotopic (exact) mass is 337 g/mol. The van der Waals surface area contributed by atoms with Crippen LogP contribution in [0.25, 0.3) is 0 Å². The van der Waals surface area contributed by atoms with Gasteiger partial charge in [0.1, 0.15) is 17.6 Å². The SMILES string of the molecule is CCOc1ccc(C2(CNc3ccc(C#N)cn3)CCOCC2)cc1. The molecule has 1 aromatic carbocycles. The Kier molecular flexibility index (Phi) is 5.52. The highest BCUT2D eigenvalue weighted by molar-refractivity contribution is 5.41. The molecule has 0 aliphatic carbocycles. The van der Waals surface area contributed by atoms with Gasteiger partial charge in [0.2, 0.25) is 0 Å². The van der Waals surface area contributed by atoms with E-state index in [0.717, 1.165) is 44.2 Å². The molecule has 130 valence electrons. The first-order chi connectivity index (χ1) is 12.3. The summed E-state index contributed by atoms with van der Waals surface area (Å²) in [4.78, 5) is 4.31. The molecule has 5 nitrogen and oxygen atoms in total. The van der Waals surface area contributed by atoms with Crippen molar-refractivity contribution in [3.8, 4) is 11.8 Å². The predicted octanol–water partition coefficient (Wildman–Crippen LogP) is 3.51. The first-order valence-corrected chi connectivity index (χ1v) is 8.67. The van der Waals surface area contributed by atoms with Gasteiger partial charge in [-0.3, -0.25) is 0 Å². The molecular weight excluding hydrogens is 314 g/mol. The van der Waals surface area contributed by atoms with Crippen LogP contribution in [0.4, 0.5) is 5.82 Å². The quantitative estimate of drug-likeness (QED) is 0.873. The number of pyridine rings is 1. The molecule has 0 spiro atoms. The number of benzene rings is 1. The van der Waals surface area contributed by atoms with Crippen LogP contribution in [0.2, 0.25) is 0 Å². The summed E-state index contributed by atoms with van der Waals surface area (Å²) in [5.74, 6) is 1.69. The fraction of sp³-hybridized carbons (Fsp3) is 0.400. The Morgan fingerprint density at radius 2 is 1.96 bits per heavy atom. The fourth-order valence-electron chi connectivity index (χ4n) is 3.23. The maximum absolute atomic E-state index is 8.88. The van der Waals surface area contributed by atoms with Crippen molar-refractivity contribution in [1.29, 1.82) is 5.26 Å². The van der Waals surface area contributed by atoms with Crippen molar-refractivity contribution in [2.24, 2.45) is 0 Å². The van der Waals surface area contributed by atoms with E-state index in [0.29, 0.717) is 12.2 Å². The Bertz CT molecular complexity index is 714. The lowest BCUT2D eigenvalue weighted by atomic mass is 9.74. The molecule has 1 aliphatic heterocycles. The molecule has 0 amide bonds. The van der Waals surface area contributed by atoms with Crippen molar-refractivity contribution in [2.45, 2.75) is 25.2 Å². The molecule has 0 bridgehead atoms. The minimum atomic E-state index is 0.0125. The number of ether oxygens (including phenoxy) is 2. The second-order valence-electron chi connectivity index (χ2n) is 6.25. The lowest BCUT2D eigenvalue weighted by Crippen LogP contribution is -2.40. The zero-order valence-electron chi connectivity index (χ0n) is 14.5. The summed E-state index contributed by atoms with van der Waals surface area (Å²) in [5, 5.41) is 12.3. The molecule has 1 fully saturated rings. The third kappa shape index (κ3) is 4.09. The van der Waals surface area contributed by atoms with Gasteiger partial charge in [-0.05, 0) is 49.6 Å². The summed E-state index contributed by atoms with van der Waals surface area (Å²) in [5.41, 5.74) is 1.87. The summed E-state index contributed by atoms with van der Waals surface area (Å²) in [7, 11) is 0. The normalized spacial score (nSPS) is 16.0. The number of nitrogens with zero attached hydrogens (tertiary/aromatic N) is 2. The van der Waals surface area contributed by atoms with Crippen molar-refractivity contribution in [3.63, 3.8) is 0 Å². The molecule has 3 rings (SSSR count). The molecule has 1 aromatic heterocycles. The first-order valence-electron chi connectivity index (χ1n) is 8.67. The lowest BCUT2D eigenvalue weighted by Gasteiger charge is -2.38. The van der Waals surface area contributed by atoms with Crippen LogP contribution < -0.4 is 10.1 Å². The van der Waals surface area contributed by atoms with E-state index >= 15 is 0 Å². The lowest BCUT2D eigenvalue weighted by molar-refractivity contribution is 0.0543. The van der Waals surface area contributed by atoms with E-state index in [1.165, 1.54) is 5.56 Å². The smallest absolute Gasteiger partial charge is 0.125 e. The average molecular weight is 337 g/mol. The van der Waals surface area contributed by atoms with E-state index in [9.17, 15) is 0 Å². The maximum atomic E-state index is 8.88. The zero-order chi connectivity index (χ0) is 17.5. The van der Waals surface area contributed by atoms with E-state index in [-0.39, 0.29) is 5.41 Å². The largest absolute Gasteiger partial charge is 0.494 e. The van der Waals surface area contributed by atoms with Crippen LogP contribution in [0.5, 0.6) is 5.75 Å². The van der Waals surface area contributed by atoms with Crippen molar-refractivity contribution >= 4 is 5.82 Å². The van der Waals surface area contributed by atoms with Crippen molar-refractivity contribution in [1.82, 2.24) is 4.98 Å². The molecule has 0 saturated carbocycles. The number of nitriles is 1. The van der Waals surface area contributed by atoms with Crippen LogP contribution in [0.15, 0.2) is 42.6 Å². The highest BCUT2D eigenvalue weighted by atomic mass is 16.5.